The largest absolute Gasteiger partial charge is 0.344 e. The molecule has 0 bridgehead atoms. The van der Waals surface area contributed by atoms with E-state index in [9.17, 15) is 19.2 Å². The third-order valence-electron chi connectivity index (χ3n) is 6.04. The zero-order valence-corrected chi connectivity index (χ0v) is 18.2. The molecule has 8 nitrogen and oxygen atoms in total. The number of carbonyl (C=O) groups is 4. The van der Waals surface area contributed by atoms with E-state index in [0.717, 1.165) is 31.4 Å². The first-order chi connectivity index (χ1) is 14.9. The number of ketones is 1. The number of rotatable bonds is 8. The van der Waals surface area contributed by atoms with Crippen molar-refractivity contribution in [2.75, 3.05) is 13.1 Å². The highest BCUT2D eigenvalue weighted by molar-refractivity contribution is 5.95. The molecule has 2 heterocycles. The van der Waals surface area contributed by atoms with Gasteiger partial charge in [0, 0.05) is 6.54 Å². The van der Waals surface area contributed by atoms with E-state index >= 15 is 0 Å². The van der Waals surface area contributed by atoms with Crippen molar-refractivity contribution in [3.63, 3.8) is 0 Å². The summed E-state index contributed by atoms with van der Waals surface area (Å²) in [4.78, 5) is 51.9. The Labute approximate surface area is 183 Å². The monoisotopic (exact) mass is 428 g/mol. The fourth-order valence-corrected chi connectivity index (χ4v) is 4.22. The van der Waals surface area contributed by atoms with Crippen LogP contribution in [0.5, 0.6) is 0 Å². The maximum atomic E-state index is 12.8. The summed E-state index contributed by atoms with van der Waals surface area (Å²) < 4.78 is 0. The highest BCUT2D eigenvalue weighted by atomic mass is 16.2. The molecule has 31 heavy (non-hydrogen) atoms. The van der Waals surface area contributed by atoms with Crippen LogP contribution in [0.1, 0.15) is 45.1 Å². The molecule has 1 aromatic rings. The highest BCUT2D eigenvalue weighted by Crippen LogP contribution is 2.21. The molecule has 0 aromatic heterocycles. The molecule has 4 atom stereocenters. The van der Waals surface area contributed by atoms with Gasteiger partial charge in [-0.2, -0.15) is 0 Å². The second kappa shape index (κ2) is 10.5. The third kappa shape index (κ3) is 5.91. The summed E-state index contributed by atoms with van der Waals surface area (Å²) in [6.07, 6.45) is 3.49. The van der Waals surface area contributed by atoms with Gasteiger partial charge in [0.25, 0.3) is 0 Å². The molecule has 3 amide bonds. The molecule has 8 heteroatoms. The Morgan fingerprint density at radius 2 is 1.84 bits per heavy atom. The van der Waals surface area contributed by atoms with Crippen molar-refractivity contribution in [1.29, 1.82) is 0 Å². The lowest BCUT2D eigenvalue weighted by atomic mass is 10.0. The minimum absolute atomic E-state index is 0.0354. The van der Waals surface area contributed by atoms with Gasteiger partial charge in [-0.15, -0.1) is 0 Å². The SMILES string of the molecule is CC(=O)C(Cc1ccccc1)NC(=O)C(C)NC(=O)C1CCCN1C(=O)C1CCCN1. The van der Waals surface area contributed by atoms with Crippen molar-refractivity contribution >= 4 is 23.5 Å². The average molecular weight is 429 g/mol. The van der Waals surface area contributed by atoms with Crippen LogP contribution in [0.2, 0.25) is 0 Å². The summed E-state index contributed by atoms with van der Waals surface area (Å²) in [6.45, 7) is 4.40. The van der Waals surface area contributed by atoms with Gasteiger partial charge < -0.3 is 20.9 Å². The van der Waals surface area contributed by atoms with Gasteiger partial charge in [0.2, 0.25) is 17.7 Å². The number of nitrogens with one attached hydrogen (secondary N) is 3. The van der Waals surface area contributed by atoms with Crippen LogP contribution in [0.15, 0.2) is 30.3 Å². The van der Waals surface area contributed by atoms with Crippen molar-refractivity contribution < 1.29 is 19.2 Å². The number of Topliss-reactive ketones (excluding diaryl/α,β-unsaturated/α-hetero) is 1. The lowest BCUT2D eigenvalue weighted by molar-refractivity contribution is -0.140. The first-order valence-electron chi connectivity index (χ1n) is 11.1. The van der Waals surface area contributed by atoms with Crippen LogP contribution in [-0.2, 0) is 25.6 Å². The van der Waals surface area contributed by atoms with Crippen LogP contribution < -0.4 is 16.0 Å². The Bertz CT molecular complexity index is 807. The van der Waals surface area contributed by atoms with Crippen LogP contribution in [0.25, 0.3) is 0 Å². The lowest BCUT2D eigenvalue weighted by Crippen LogP contribution is -2.55. The summed E-state index contributed by atoms with van der Waals surface area (Å²) in [7, 11) is 0. The van der Waals surface area contributed by atoms with Crippen molar-refractivity contribution in [2.45, 2.75) is 70.1 Å². The predicted molar refractivity (Wildman–Crippen MR) is 116 cm³/mol. The fraction of sp³-hybridized carbons (Fsp3) is 0.565. The van der Waals surface area contributed by atoms with E-state index in [1.54, 1.807) is 11.8 Å². The van der Waals surface area contributed by atoms with Crippen LogP contribution >= 0.6 is 0 Å². The summed E-state index contributed by atoms with van der Waals surface area (Å²) in [5.74, 6) is -0.925. The van der Waals surface area contributed by atoms with Crippen LogP contribution in [0, 0.1) is 0 Å². The fourth-order valence-electron chi connectivity index (χ4n) is 4.22. The molecule has 0 radical (unpaired) electrons. The Morgan fingerprint density at radius 1 is 1.10 bits per heavy atom. The van der Waals surface area contributed by atoms with Gasteiger partial charge in [0.05, 0.1) is 12.1 Å². The highest BCUT2D eigenvalue weighted by Gasteiger charge is 2.38. The third-order valence-corrected chi connectivity index (χ3v) is 6.04. The van der Waals surface area contributed by atoms with Crippen molar-refractivity contribution in [3.8, 4) is 0 Å². The molecular weight excluding hydrogens is 396 g/mol. The van der Waals surface area contributed by atoms with E-state index in [4.69, 9.17) is 0 Å². The van der Waals surface area contributed by atoms with E-state index in [0.29, 0.717) is 19.4 Å². The second-order valence-electron chi connectivity index (χ2n) is 8.43. The summed E-state index contributed by atoms with van der Waals surface area (Å²) in [5, 5.41) is 8.66. The number of benzene rings is 1. The number of hydrogen-bond acceptors (Lipinski definition) is 5. The van der Waals surface area contributed by atoms with Gasteiger partial charge in [0.1, 0.15) is 12.1 Å². The van der Waals surface area contributed by atoms with Gasteiger partial charge >= 0.3 is 0 Å². The first kappa shape index (κ1) is 22.9. The molecule has 1 aromatic carbocycles. The molecule has 0 aliphatic carbocycles. The standard InChI is InChI=1S/C23H32N4O4/c1-15(21(29)26-19(16(2)28)14-17-8-4-3-5-9-17)25-22(30)20-11-7-13-27(20)23(31)18-10-6-12-24-18/h3-5,8-9,15,18-20,24H,6-7,10-14H2,1-2H3,(H,25,30)(H,26,29). The van der Waals surface area contributed by atoms with E-state index < -0.39 is 24.0 Å². The predicted octanol–water partition coefficient (Wildman–Crippen LogP) is 0.551. The molecule has 3 rings (SSSR count). The van der Waals surface area contributed by atoms with E-state index in [1.165, 1.54) is 6.92 Å². The molecule has 0 saturated carbocycles. The Hall–Kier alpha value is -2.74. The minimum atomic E-state index is -0.813. The molecule has 2 saturated heterocycles. The molecule has 2 fully saturated rings. The topological polar surface area (TPSA) is 108 Å². The molecule has 4 unspecified atom stereocenters. The zero-order valence-electron chi connectivity index (χ0n) is 18.2. The number of likely N-dealkylation sites (tertiary alicyclic amines) is 1. The van der Waals surface area contributed by atoms with Crippen molar-refractivity contribution in [3.05, 3.63) is 35.9 Å². The molecule has 2 aliphatic heterocycles. The smallest absolute Gasteiger partial charge is 0.243 e. The number of amides is 3. The molecule has 2 aliphatic rings. The van der Waals surface area contributed by atoms with Crippen molar-refractivity contribution in [2.24, 2.45) is 0 Å². The Morgan fingerprint density at radius 3 is 2.48 bits per heavy atom. The Balaban J connectivity index is 1.55. The second-order valence-corrected chi connectivity index (χ2v) is 8.43. The van der Waals surface area contributed by atoms with Crippen LogP contribution in [0.4, 0.5) is 0 Å². The number of nitrogens with zero attached hydrogens (tertiary/aromatic N) is 1. The number of carbonyl (C=O) groups excluding carboxylic acids is 4. The molecular formula is C23H32N4O4. The zero-order chi connectivity index (χ0) is 22.4. The van der Waals surface area contributed by atoms with Crippen molar-refractivity contribution in [1.82, 2.24) is 20.9 Å². The minimum Gasteiger partial charge on any atom is -0.344 e. The van der Waals surface area contributed by atoms with Gasteiger partial charge in [-0.05, 0) is 58.1 Å². The molecule has 168 valence electrons. The summed E-state index contributed by atoms with van der Waals surface area (Å²) >= 11 is 0. The van der Waals surface area contributed by atoms with E-state index in [2.05, 4.69) is 16.0 Å². The molecule has 3 N–H and O–H groups in total. The average Bonchev–Trinajstić information content (AvgIpc) is 3.45. The maximum Gasteiger partial charge on any atom is 0.243 e. The van der Waals surface area contributed by atoms with Gasteiger partial charge in [-0.1, -0.05) is 30.3 Å². The van der Waals surface area contributed by atoms with Crippen LogP contribution in [-0.4, -0.2) is 65.7 Å². The number of hydrogen-bond donors (Lipinski definition) is 3. The lowest BCUT2D eigenvalue weighted by Gasteiger charge is -2.28. The quantitative estimate of drug-likeness (QED) is 0.561. The summed E-state index contributed by atoms with van der Waals surface area (Å²) in [6, 6.07) is 7.21. The molecule has 0 spiro atoms. The van der Waals surface area contributed by atoms with Gasteiger partial charge in [-0.3, -0.25) is 19.2 Å². The first-order valence-corrected chi connectivity index (χ1v) is 11.1. The van der Waals surface area contributed by atoms with Crippen LogP contribution in [0.3, 0.4) is 0 Å². The normalized spacial score (nSPS) is 22.6. The Kier molecular flexibility index (Phi) is 7.79. The van der Waals surface area contributed by atoms with E-state index in [-0.39, 0.29) is 23.6 Å². The summed E-state index contributed by atoms with van der Waals surface area (Å²) in [5.41, 5.74) is 0.945. The van der Waals surface area contributed by atoms with E-state index in [1.807, 2.05) is 30.3 Å². The van der Waals surface area contributed by atoms with Gasteiger partial charge in [0.15, 0.2) is 5.78 Å². The maximum absolute atomic E-state index is 12.8. The van der Waals surface area contributed by atoms with Gasteiger partial charge in [-0.25, -0.2) is 0 Å².